The van der Waals surface area contributed by atoms with Gasteiger partial charge in [-0.05, 0) is 56.5 Å². The minimum Gasteiger partial charge on any atom is -0.465 e. The lowest BCUT2D eigenvalue weighted by Gasteiger charge is -2.30. The third-order valence-corrected chi connectivity index (χ3v) is 6.62. The Morgan fingerprint density at radius 3 is 2.34 bits per heavy atom. The second kappa shape index (κ2) is 15.3. The van der Waals surface area contributed by atoms with Crippen molar-refractivity contribution in [3.05, 3.63) is 40.4 Å². The zero-order valence-electron chi connectivity index (χ0n) is 21.3. The van der Waals surface area contributed by atoms with Gasteiger partial charge in [0.15, 0.2) is 5.13 Å². The number of hydrogen-bond acceptors (Lipinski definition) is 8. The zero-order chi connectivity index (χ0) is 28.1. The SMILES string of the molecule is CNC(=O)C1CCN(Cc2sc(NC(C)=O)nc2CCc2ccc(N=CNC(=O)O)cc2)CC1.NC(=O)O. The van der Waals surface area contributed by atoms with Crippen molar-refractivity contribution in [2.24, 2.45) is 16.6 Å². The molecular formula is C24H33N7O6S. The smallest absolute Gasteiger partial charge is 0.409 e. The van der Waals surface area contributed by atoms with Crippen LogP contribution in [0.2, 0.25) is 0 Å². The van der Waals surface area contributed by atoms with E-state index in [1.54, 1.807) is 7.05 Å². The third kappa shape index (κ3) is 10.9. The molecule has 1 fully saturated rings. The van der Waals surface area contributed by atoms with Gasteiger partial charge in [0.1, 0.15) is 0 Å². The Labute approximate surface area is 224 Å². The number of carboxylic acid groups (broad SMARTS) is 2. The Balaban J connectivity index is 0.00000118. The van der Waals surface area contributed by atoms with Gasteiger partial charge in [-0.15, -0.1) is 11.3 Å². The van der Waals surface area contributed by atoms with E-state index >= 15 is 0 Å². The first-order valence-electron chi connectivity index (χ1n) is 11.9. The van der Waals surface area contributed by atoms with E-state index in [0.29, 0.717) is 10.8 Å². The summed E-state index contributed by atoms with van der Waals surface area (Å²) in [5, 5.41) is 24.0. The minimum atomic E-state index is -1.33. The van der Waals surface area contributed by atoms with Gasteiger partial charge >= 0.3 is 12.2 Å². The monoisotopic (exact) mass is 547 g/mol. The molecule has 1 aromatic heterocycles. The molecule has 0 saturated carbocycles. The van der Waals surface area contributed by atoms with Crippen LogP contribution in [0.1, 0.15) is 35.9 Å². The van der Waals surface area contributed by atoms with Gasteiger partial charge in [0.25, 0.3) is 0 Å². The summed E-state index contributed by atoms with van der Waals surface area (Å²) in [4.78, 5) is 54.9. The summed E-state index contributed by atoms with van der Waals surface area (Å²) in [6.45, 7) is 3.92. The third-order valence-electron chi connectivity index (χ3n) is 5.62. The van der Waals surface area contributed by atoms with E-state index in [0.717, 1.165) is 67.8 Å². The molecule has 1 aliphatic heterocycles. The fourth-order valence-corrected chi connectivity index (χ4v) is 4.94. The average molecular weight is 548 g/mol. The van der Waals surface area contributed by atoms with E-state index in [-0.39, 0.29) is 17.7 Å². The van der Waals surface area contributed by atoms with Crippen LogP contribution in [0.4, 0.5) is 20.4 Å². The fraction of sp³-hybridized carbons (Fsp3) is 0.417. The van der Waals surface area contributed by atoms with Gasteiger partial charge in [-0.25, -0.2) is 19.6 Å². The number of primary amides is 1. The number of likely N-dealkylation sites (tertiary alicyclic amines) is 1. The van der Waals surface area contributed by atoms with Crippen molar-refractivity contribution in [3.63, 3.8) is 0 Å². The molecule has 0 unspecified atom stereocenters. The van der Waals surface area contributed by atoms with Crippen LogP contribution < -0.4 is 21.7 Å². The second-order valence-corrected chi connectivity index (χ2v) is 9.53. The number of nitrogens with one attached hydrogen (secondary N) is 3. The highest BCUT2D eigenvalue weighted by Gasteiger charge is 2.25. The van der Waals surface area contributed by atoms with E-state index in [4.69, 9.17) is 15.0 Å². The number of hydrogen-bond donors (Lipinski definition) is 6. The summed E-state index contributed by atoms with van der Waals surface area (Å²) < 4.78 is 0. The predicted molar refractivity (Wildman–Crippen MR) is 144 cm³/mol. The molecule has 0 atom stereocenters. The van der Waals surface area contributed by atoms with E-state index in [2.05, 4.69) is 36.6 Å². The molecule has 206 valence electrons. The molecule has 1 aliphatic rings. The maximum atomic E-state index is 11.9. The number of aromatic nitrogens is 1. The summed E-state index contributed by atoms with van der Waals surface area (Å²) in [6.07, 6.45) is 1.82. The number of rotatable bonds is 9. The predicted octanol–water partition coefficient (Wildman–Crippen LogP) is 2.40. The Morgan fingerprint density at radius 2 is 1.79 bits per heavy atom. The summed E-state index contributed by atoms with van der Waals surface area (Å²) in [5.41, 5.74) is 6.76. The number of carbonyl (C=O) groups excluding carboxylic acids is 2. The van der Waals surface area contributed by atoms with Gasteiger partial charge < -0.3 is 26.6 Å². The Bertz CT molecular complexity index is 1120. The molecular weight excluding hydrogens is 514 g/mol. The van der Waals surface area contributed by atoms with E-state index < -0.39 is 12.2 Å². The zero-order valence-corrected chi connectivity index (χ0v) is 22.1. The quantitative estimate of drug-likeness (QED) is 0.203. The number of nitrogens with two attached hydrogens (primary N) is 1. The first-order chi connectivity index (χ1) is 18.1. The summed E-state index contributed by atoms with van der Waals surface area (Å²) in [5.74, 6) is 0.0389. The van der Waals surface area contributed by atoms with Crippen molar-refractivity contribution in [1.29, 1.82) is 0 Å². The van der Waals surface area contributed by atoms with Gasteiger partial charge in [0, 0.05) is 31.3 Å². The highest BCUT2D eigenvalue weighted by atomic mass is 32.1. The molecule has 3 rings (SSSR count). The van der Waals surface area contributed by atoms with Crippen LogP contribution in [0.3, 0.4) is 0 Å². The highest BCUT2D eigenvalue weighted by molar-refractivity contribution is 7.15. The summed E-state index contributed by atoms with van der Waals surface area (Å²) >= 11 is 1.50. The largest absolute Gasteiger partial charge is 0.465 e. The molecule has 0 radical (unpaired) electrons. The fourth-order valence-electron chi connectivity index (χ4n) is 3.84. The number of thiazole rings is 1. The summed E-state index contributed by atoms with van der Waals surface area (Å²) in [6, 6.07) is 7.57. The average Bonchev–Trinajstić information content (AvgIpc) is 3.23. The van der Waals surface area contributed by atoms with Gasteiger partial charge in [-0.1, -0.05) is 12.1 Å². The lowest BCUT2D eigenvalue weighted by atomic mass is 9.96. The van der Waals surface area contributed by atoms with Crippen molar-refractivity contribution in [3.8, 4) is 0 Å². The molecule has 2 heterocycles. The van der Waals surface area contributed by atoms with E-state index in [1.807, 2.05) is 24.3 Å². The van der Waals surface area contributed by atoms with Crippen molar-refractivity contribution in [1.82, 2.24) is 20.5 Å². The van der Waals surface area contributed by atoms with Crippen LogP contribution >= 0.6 is 11.3 Å². The van der Waals surface area contributed by atoms with Gasteiger partial charge in [0.2, 0.25) is 11.8 Å². The number of nitrogens with zero attached hydrogens (tertiary/aromatic N) is 3. The van der Waals surface area contributed by atoms with Crippen LogP contribution in [0.25, 0.3) is 0 Å². The molecule has 13 nitrogen and oxygen atoms in total. The van der Waals surface area contributed by atoms with Crippen molar-refractivity contribution in [2.45, 2.75) is 39.2 Å². The molecule has 38 heavy (non-hydrogen) atoms. The number of aryl methyl sites for hydroxylation is 2. The van der Waals surface area contributed by atoms with E-state index in [1.165, 1.54) is 18.3 Å². The van der Waals surface area contributed by atoms with Crippen LogP contribution in [0, 0.1) is 5.92 Å². The molecule has 1 saturated heterocycles. The molecule has 2 aromatic rings. The first kappa shape index (κ1) is 30.2. The number of amides is 4. The van der Waals surface area contributed by atoms with Crippen LogP contribution in [-0.2, 0) is 29.0 Å². The van der Waals surface area contributed by atoms with Crippen LogP contribution in [0.15, 0.2) is 29.3 Å². The second-order valence-electron chi connectivity index (χ2n) is 8.45. The maximum Gasteiger partial charge on any atom is 0.409 e. The van der Waals surface area contributed by atoms with Crippen molar-refractivity contribution < 1.29 is 29.4 Å². The lowest BCUT2D eigenvalue weighted by Crippen LogP contribution is -2.39. The topological polar surface area (TPSA) is 199 Å². The number of anilines is 1. The van der Waals surface area contributed by atoms with Crippen LogP contribution in [0.5, 0.6) is 0 Å². The number of piperidine rings is 1. The Morgan fingerprint density at radius 1 is 1.16 bits per heavy atom. The molecule has 0 bridgehead atoms. The maximum absolute atomic E-state index is 11.9. The number of carbonyl (C=O) groups is 4. The Kier molecular flexibility index (Phi) is 12.1. The molecule has 14 heteroatoms. The first-order valence-corrected chi connectivity index (χ1v) is 12.7. The van der Waals surface area contributed by atoms with E-state index in [9.17, 15) is 14.4 Å². The van der Waals surface area contributed by atoms with Crippen molar-refractivity contribution in [2.75, 3.05) is 25.5 Å². The Hall–Kier alpha value is -4.04. The lowest BCUT2D eigenvalue weighted by molar-refractivity contribution is -0.126. The molecule has 1 aromatic carbocycles. The number of benzene rings is 1. The van der Waals surface area contributed by atoms with Gasteiger partial charge in [-0.2, -0.15) is 0 Å². The van der Waals surface area contributed by atoms with Gasteiger partial charge in [-0.3, -0.25) is 19.8 Å². The normalized spacial score (nSPS) is 13.8. The van der Waals surface area contributed by atoms with Gasteiger partial charge in [0.05, 0.1) is 17.7 Å². The van der Waals surface area contributed by atoms with Crippen molar-refractivity contribution >= 4 is 52.5 Å². The molecule has 0 aliphatic carbocycles. The number of aliphatic imine (C=N–C) groups is 1. The highest BCUT2D eigenvalue weighted by Crippen LogP contribution is 2.28. The molecule has 4 amide bonds. The molecule has 0 spiro atoms. The minimum absolute atomic E-state index is 0.0735. The standard InChI is InChI=1S/C23H30N6O4S.CH3NO2/c1-15(30)27-22-28-19(8-5-16-3-6-18(7-4-16)25-14-26-23(32)33)20(34-22)13-29-11-9-17(10-12-29)21(31)24-2;2-1(3)4/h3-4,6-7,14,17H,5,8-13H2,1-2H3,(H,24,31)(H,25,26)(H,32,33)(H,27,28,30);2H2,(H,3,4). The van der Waals surface area contributed by atoms with Crippen LogP contribution in [-0.4, -0.2) is 70.6 Å². The molecule has 7 N–H and O–H groups in total. The summed E-state index contributed by atoms with van der Waals surface area (Å²) in [7, 11) is 1.68.